The van der Waals surface area contributed by atoms with E-state index in [1.807, 2.05) is 43.5 Å². The summed E-state index contributed by atoms with van der Waals surface area (Å²) in [5.74, 6) is -0.0529. The molecule has 0 aliphatic rings. The minimum Gasteiger partial charge on any atom is -0.444 e. The molecule has 0 unspecified atom stereocenters. The number of alkyl carbamates (subject to hydrolysis) is 1. The number of hydrogen-bond acceptors (Lipinski definition) is 7. The molecule has 3 aromatic rings. The second-order valence-corrected chi connectivity index (χ2v) is 10.7. The van der Waals surface area contributed by atoms with Crippen molar-refractivity contribution in [2.45, 2.75) is 52.2 Å². The van der Waals surface area contributed by atoms with Crippen molar-refractivity contribution in [1.29, 1.82) is 0 Å². The highest BCUT2D eigenvalue weighted by molar-refractivity contribution is 7.98. The second-order valence-electron chi connectivity index (χ2n) is 9.34. The lowest BCUT2D eigenvalue weighted by atomic mass is 9.99. The summed E-state index contributed by atoms with van der Waals surface area (Å²) in [6.07, 6.45) is 1.93. The molecule has 7 nitrogen and oxygen atoms in total. The quantitative estimate of drug-likeness (QED) is 0.220. The molecule has 1 aromatic heterocycles. The predicted octanol–water partition coefficient (Wildman–Crippen LogP) is 5.90. The SMILES string of the molecule is CSCC[C@H](NC(=O)OC(C)(C)C)C(=O)Oc1cc2oc(=O)c(Cc3ccccc3)c(C)c2cc1Cl. The monoisotopic (exact) mass is 531 g/mol. The van der Waals surface area contributed by atoms with E-state index in [0.29, 0.717) is 29.5 Å². The minimum absolute atomic E-state index is 0.0349. The van der Waals surface area contributed by atoms with Crippen LogP contribution in [-0.2, 0) is 16.0 Å². The number of amides is 1. The van der Waals surface area contributed by atoms with Gasteiger partial charge in [-0.2, -0.15) is 11.8 Å². The topological polar surface area (TPSA) is 94.8 Å². The number of fused-ring (bicyclic) bond motifs is 1. The molecule has 0 aliphatic heterocycles. The molecule has 192 valence electrons. The number of carbonyl (C=O) groups is 2. The van der Waals surface area contributed by atoms with Crippen LogP contribution >= 0.6 is 23.4 Å². The van der Waals surface area contributed by atoms with E-state index in [1.165, 1.54) is 17.8 Å². The van der Waals surface area contributed by atoms with E-state index in [2.05, 4.69) is 5.32 Å². The number of aryl methyl sites for hydroxylation is 1. The predicted molar refractivity (Wildman–Crippen MR) is 143 cm³/mol. The summed E-state index contributed by atoms with van der Waals surface area (Å²) in [7, 11) is 0. The Labute approximate surface area is 219 Å². The molecule has 0 saturated carbocycles. The van der Waals surface area contributed by atoms with E-state index in [4.69, 9.17) is 25.5 Å². The van der Waals surface area contributed by atoms with Gasteiger partial charge in [-0.25, -0.2) is 14.4 Å². The number of halogens is 1. The van der Waals surface area contributed by atoms with Gasteiger partial charge in [0.15, 0.2) is 5.75 Å². The molecule has 0 saturated heterocycles. The zero-order chi connectivity index (χ0) is 26.5. The summed E-state index contributed by atoms with van der Waals surface area (Å²) in [6, 6.07) is 11.7. The van der Waals surface area contributed by atoms with Gasteiger partial charge in [-0.3, -0.25) is 0 Å². The number of thioether (sulfide) groups is 1. The van der Waals surface area contributed by atoms with E-state index in [0.717, 1.165) is 11.1 Å². The zero-order valence-corrected chi connectivity index (χ0v) is 22.5. The number of ether oxygens (including phenoxy) is 2. The summed E-state index contributed by atoms with van der Waals surface area (Å²) in [6.45, 7) is 7.04. The first-order valence-corrected chi connectivity index (χ1v) is 13.3. The third-order valence-corrected chi connectivity index (χ3v) is 6.30. The fourth-order valence-corrected chi connectivity index (χ4v) is 4.26. The van der Waals surface area contributed by atoms with E-state index < -0.39 is 29.3 Å². The standard InChI is InChI=1S/C27H30ClNO6S/c1-16-18-14-20(28)23(15-22(18)33-24(30)19(16)13-17-9-7-6-8-10-17)34-25(31)21(11-12-36-5)29-26(32)35-27(2,3)4/h6-10,14-15,21H,11-13H2,1-5H3,(H,29,32)/t21-/m0/s1. The summed E-state index contributed by atoms with van der Waals surface area (Å²) in [4.78, 5) is 38.0. The summed E-state index contributed by atoms with van der Waals surface area (Å²) in [5, 5.41) is 3.40. The van der Waals surface area contributed by atoms with Crippen LogP contribution in [0, 0.1) is 6.92 Å². The van der Waals surface area contributed by atoms with Crippen LogP contribution in [0.15, 0.2) is 51.7 Å². The van der Waals surface area contributed by atoms with Gasteiger partial charge in [0.05, 0.1) is 5.02 Å². The van der Waals surface area contributed by atoms with Crippen LogP contribution in [0.5, 0.6) is 5.75 Å². The maximum absolute atomic E-state index is 12.9. The molecule has 3 rings (SSSR count). The maximum Gasteiger partial charge on any atom is 0.408 e. The van der Waals surface area contributed by atoms with Gasteiger partial charge >= 0.3 is 17.7 Å². The highest BCUT2D eigenvalue weighted by atomic mass is 35.5. The Bertz CT molecular complexity index is 1300. The van der Waals surface area contributed by atoms with Crippen LogP contribution in [0.1, 0.15) is 43.9 Å². The number of benzene rings is 2. The Morgan fingerprint density at radius 2 is 1.86 bits per heavy atom. The molecule has 2 aromatic carbocycles. The highest BCUT2D eigenvalue weighted by Gasteiger charge is 2.27. The van der Waals surface area contributed by atoms with Crippen molar-refractivity contribution in [2.24, 2.45) is 0 Å². The average molecular weight is 532 g/mol. The fraction of sp³-hybridized carbons (Fsp3) is 0.370. The van der Waals surface area contributed by atoms with E-state index in [1.54, 1.807) is 26.8 Å². The molecular formula is C27H30ClNO6S. The Hall–Kier alpha value is -2.97. The van der Waals surface area contributed by atoms with Gasteiger partial charge < -0.3 is 19.2 Å². The minimum atomic E-state index is -0.943. The fourth-order valence-electron chi connectivity index (χ4n) is 3.59. The van der Waals surface area contributed by atoms with Crippen molar-refractivity contribution in [3.63, 3.8) is 0 Å². The average Bonchev–Trinajstić information content (AvgIpc) is 2.80. The number of hydrogen-bond donors (Lipinski definition) is 1. The number of rotatable bonds is 8. The van der Waals surface area contributed by atoms with Gasteiger partial charge in [0.25, 0.3) is 0 Å². The molecular weight excluding hydrogens is 502 g/mol. The van der Waals surface area contributed by atoms with Crippen molar-refractivity contribution in [1.82, 2.24) is 5.32 Å². The highest BCUT2D eigenvalue weighted by Crippen LogP contribution is 2.32. The molecule has 1 amide bonds. The lowest BCUT2D eigenvalue weighted by molar-refractivity contribution is -0.136. The van der Waals surface area contributed by atoms with Crippen molar-refractivity contribution >= 4 is 46.4 Å². The lowest BCUT2D eigenvalue weighted by Crippen LogP contribution is -2.45. The Balaban J connectivity index is 1.87. The van der Waals surface area contributed by atoms with E-state index in [9.17, 15) is 14.4 Å². The number of nitrogens with one attached hydrogen (secondary N) is 1. The Kier molecular flexibility index (Phi) is 9.08. The van der Waals surface area contributed by atoms with Crippen molar-refractivity contribution in [3.8, 4) is 5.75 Å². The largest absolute Gasteiger partial charge is 0.444 e. The van der Waals surface area contributed by atoms with Gasteiger partial charge in [-0.05, 0) is 63.3 Å². The third-order valence-electron chi connectivity index (χ3n) is 5.36. The van der Waals surface area contributed by atoms with Crippen LogP contribution in [0.2, 0.25) is 5.02 Å². The van der Waals surface area contributed by atoms with E-state index in [-0.39, 0.29) is 16.4 Å². The van der Waals surface area contributed by atoms with Crippen LogP contribution in [-0.4, -0.2) is 35.7 Å². The van der Waals surface area contributed by atoms with Crippen LogP contribution in [0.4, 0.5) is 4.79 Å². The molecule has 0 aliphatic carbocycles. The first-order valence-electron chi connectivity index (χ1n) is 11.5. The van der Waals surface area contributed by atoms with Gasteiger partial charge in [-0.15, -0.1) is 0 Å². The normalized spacial score (nSPS) is 12.3. The van der Waals surface area contributed by atoms with Crippen molar-refractivity contribution in [2.75, 3.05) is 12.0 Å². The van der Waals surface area contributed by atoms with Crippen LogP contribution in [0.3, 0.4) is 0 Å². The molecule has 1 N–H and O–H groups in total. The zero-order valence-electron chi connectivity index (χ0n) is 21.0. The molecule has 9 heteroatoms. The summed E-state index contributed by atoms with van der Waals surface area (Å²) in [5.41, 5.74) is 1.34. The van der Waals surface area contributed by atoms with Crippen molar-refractivity contribution < 1.29 is 23.5 Å². The summed E-state index contributed by atoms with van der Waals surface area (Å²) < 4.78 is 16.4. The molecule has 0 fully saturated rings. The Morgan fingerprint density at radius 1 is 1.17 bits per heavy atom. The van der Waals surface area contributed by atoms with Crippen LogP contribution in [0.25, 0.3) is 11.0 Å². The molecule has 0 bridgehead atoms. The number of carbonyl (C=O) groups excluding carboxylic acids is 2. The first kappa shape index (κ1) is 27.6. The lowest BCUT2D eigenvalue weighted by Gasteiger charge is -2.23. The van der Waals surface area contributed by atoms with Gasteiger partial charge in [0.1, 0.15) is 17.2 Å². The van der Waals surface area contributed by atoms with Gasteiger partial charge in [0.2, 0.25) is 0 Å². The molecule has 0 radical (unpaired) electrons. The first-order chi connectivity index (χ1) is 17.0. The van der Waals surface area contributed by atoms with E-state index >= 15 is 0 Å². The van der Waals surface area contributed by atoms with Gasteiger partial charge in [0, 0.05) is 23.4 Å². The number of esters is 1. The summed E-state index contributed by atoms with van der Waals surface area (Å²) >= 11 is 7.99. The second kappa shape index (κ2) is 11.8. The Morgan fingerprint density at radius 3 is 2.50 bits per heavy atom. The molecule has 1 heterocycles. The smallest absolute Gasteiger partial charge is 0.408 e. The van der Waals surface area contributed by atoms with Gasteiger partial charge in [-0.1, -0.05) is 41.9 Å². The maximum atomic E-state index is 12.9. The molecule has 36 heavy (non-hydrogen) atoms. The van der Waals surface area contributed by atoms with Crippen LogP contribution < -0.4 is 15.7 Å². The molecule has 0 spiro atoms. The third kappa shape index (κ3) is 7.27. The van der Waals surface area contributed by atoms with Crippen molar-refractivity contribution in [3.05, 3.63) is 74.6 Å². The molecule has 1 atom stereocenters.